The van der Waals surface area contributed by atoms with E-state index in [0.29, 0.717) is 6.42 Å². The number of ether oxygens (including phenoxy) is 2. The van der Waals surface area contributed by atoms with Crippen molar-refractivity contribution < 1.29 is 29.9 Å². The van der Waals surface area contributed by atoms with Gasteiger partial charge in [-0.25, -0.2) is 0 Å². The molecular formula is C46H66O6. The van der Waals surface area contributed by atoms with Crippen LogP contribution in [0.2, 0.25) is 0 Å². The zero-order valence-corrected chi connectivity index (χ0v) is 33.6. The van der Waals surface area contributed by atoms with Gasteiger partial charge in [-0.3, -0.25) is 0 Å². The average Bonchev–Trinajstić information content (AvgIpc) is 3.03. The molecular weight excluding hydrogens is 649 g/mol. The molecule has 0 unspecified atom stereocenters. The van der Waals surface area contributed by atoms with Crippen LogP contribution in [0.4, 0.5) is 0 Å². The molecule has 1 aliphatic heterocycles. The first kappa shape index (κ1) is 43.3. The molecule has 4 N–H and O–H groups in total. The third-order valence-electron chi connectivity index (χ3n) is 10.4. The summed E-state index contributed by atoms with van der Waals surface area (Å²) in [6.07, 6.45) is 26.9. The van der Waals surface area contributed by atoms with Crippen LogP contribution in [0.15, 0.2) is 130 Å². The van der Waals surface area contributed by atoms with Crippen molar-refractivity contribution in [3.8, 4) is 0 Å². The van der Waals surface area contributed by atoms with Crippen LogP contribution < -0.4 is 0 Å². The standard InChI is InChI=1S/C46H66O6/c1-30(18-14-20-32(3)22-24-39-34(5)26-37(47)28-45(39,8)9)16-12-13-17-31(2)19-15-21-33(4)23-25-40-35(6)27-38(29-46(40,10)11)52-44-43(50)42(49)41(48)36(7)51-44/h12-25,36-38,41-44,47-50H,26-29H2,1-11H3/b13-12+,18-14+,19-15-,24-22+,25-23+,30-16+,31-17+,32-20+,33-21-/t36-,37+,38+,41-,42+,43+,44-/m0/s1. The van der Waals surface area contributed by atoms with E-state index in [0.717, 1.165) is 30.4 Å². The van der Waals surface area contributed by atoms with Gasteiger partial charge in [0.1, 0.15) is 18.3 Å². The molecule has 6 heteroatoms. The molecule has 1 saturated heterocycles. The van der Waals surface area contributed by atoms with Gasteiger partial charge in [0.05, 0.1) is 18.3 Å². The maximum Gasteiger partial charge on any atom is 0.186 e. The van der Waals surface area contributed by atoms with Crippen LogP contribution in [-0.4, -0.2) is 63.3 Å². The third-order valence-corrected chi connectivity index (χ3v) is 10.4. The van der Waals surface area contributed by atoms with E-state index in [-0.39, 0.29) is 23.0 Å². The fourth-order valence-electron chi connectivity index (χ4n) is 7.51. The number of aliphatic hydroxyl groups excluding tert-OH is 4. The quantitative estimate of drug-likeness (QED) is 0.150. The van der Waals surface area contributed by atoms with Gasteiger partial charge in [-0.2, -0.15) is 0 Å². The van der Waals surface area contributed by atoms with E-state index >= 15 is 0 Å². The predicted octanol–water partition coefficient (Wildman–Crippen LogP) is 9.40. The molecule has 0 saturated carbocycles. The van der Waals surface area contributed by atoms with E-state index in [1.165, 1.54) is 33.4 Å². The maximum atomic E-state index is 10.4. The molecule has 286 valence electrons. The SMILES string of the molecule is CC1=C(/C=C/C(C)=C/C=C/C(C)=C/C=C/C=C(C)/C=C\C=C(C)/C=C/C2=C(C)C[C@@H](O[C@@H]3O[C@@H](C)[C@H](O)[C@@H](O)[C@H]3O)CC2(C)C)C(C)(C)C[C@H](O)C1. The van der Waals surface area contributed by atoms with Gasteiger partial charge >= 0.3 is 0 Å². The number of hydrogen-bond acceptors (Lipinski definition) is 6. The average molecular weight is 715 g/mol. The van der Waals surface area contributed by atoms with Gasteiger partial charge in [-0.1, -0.05) is 146 Å². The van der Waals surface area contributed by atoms with Crippen LogP contribution in [0.5, 0.6) is 0 Å². The number of hydrogen-bond donors (Lipinski definition) is 4. The van der Waals surface area contributed by atoms with Crippen molar-refractivity contribution in [1.82, 2.24) is 0 Å². The molecule has 0 bridgehead atoms. The van der Waals surface area contributed by atoms with Crippen LogP contribution in [0.1, 0.15) is 102 Å². The number of allylic oxidation sites excluding steroid dienone is 20. The van der Waals surface area contributed by atoms with Crippen LogP contribution in [0, 0.1) is 10.8 Å². The van der Waals surface area contributed by atoms with Gasteiger partial charge in [0.25, 0.3) is 0 Å². The Morgan fingerprint density at radius 2 is 1.06 bits per heavy atom. The maximum absolute atomic E-state index is 10.4. The third kappa shape index (κ3) is 12.8. The van der Waals surface area contributed by atoms with Gasteiger partial charge in [-0.15, -0.1) is 0 Å². The summed E-state index contributed by atoms with van der Waals surface area (Å²) in [5.74, 6) is 0. The van der Waals surface area contributed by atoms with E-state index in [1.54, 1.807) is 6.92 Å². The van der Waals surface area contributed by atoms with E-state index in [4.69, 9.17) is 9.47 Å². The Bertz CT molecular complexity index is 1580. The van der Waals surface area contributed by atoms with Gasteiger partial charge in [0, 0.05) is 0 Å². The van der Waals surface area contributed by atoms with Crippen molar-refractivity contribution in [1.29, 1.82) is 0 Å². The fourth-order valence-corrected chi connectivity index (χ4v) is 7.51. The topological polar surface area (TPSA) is 99.4 Å². The molecule has 6 nitrogen and oxygen atoms in total. The molecule has 0 spiro atoms. The van der Waals surface area contributed by atoms with Gasteiger partial charge in [0.2, 0.25) is 0 Å². The fraction of sp³-hybridized carbons (Fsp3) is 0.522. The first-order chi connectivity index (χ1) is 24.3. The summed E-state index contributed by atoms with van der Waals surface area (Å²) >= 11 is 0. The van der Waals surface area contributed by atoms with Crippen LogP contribution >= 0.6 is 0 Å². The molecule has 2 aliphatic carbocycles. The van der Waals surface area contributed by atoms with E-state index < -0.39 is 30.7 Å². The van der Waals surface area contributed by atoms with Crippen molar-refractivity contribution >= 4 is 0 Å². The van der Waals surface area contributed by atoms with E-state index in [2.05, 4.69) is 154 Å². The second kappa shape index (κ2) is 19.3. The Kier molecular flexibility index (Phi) is 16.1. The van der Waals surface area contributed by atoms with Crippen LogP contribution in [-0.2, 0) is 9.47 Å². The highest BCUT2D eigenvalue weighted by molar-refractivity contribution is 5.39. The van der Waals surface area contributed by atoms with Crippen LogP contribution in [0.3, 0.4) is 0 Å². The van der Waals surface area contributed by atoms with Gasteiger partial charge in [-0.05, 0) is 96.1 Å². The molecule has 3 aliphatic rings. The Balaban J connectivity index is 1.51. The first-order valence-corrected chi connectivity index (χ1v) is 18.8. The minimum absolute atomic E-state index is 0.0120. The molecule has 1 fully saturated rings. The lowest BCUT2D eigenvalue weighted by atomic mass is 9.71. The number of rotatable bonds is 12. The lowest BCUT2D eigenvalue weighted by molar-refractivity contribution is -0.305. The molecule has 0 radical (unpaired) electrons. The van der Waals surface area contributed by atoms with Crippen LogP contribution in [0.25, 0.3) is 0 Å². The summed E-state index contributed by atoms with van der Waals surface area (Å²) in [5.41, 5.74) is 9.59. The zero-order chi connectivity index (χ0) is 38.8. The lowest BCUT2D eigenvalue weighted by Gasteiger charge is -2.43. The Morgan fingerprint density at radius 3 is 1.54 bits per heavy atom. The molecule has 0 amide bonds. The smallest absolute Gasteiger partial charge is 0.186 e. The van der Waals surface area contributed by atoms with Crippen molar-refractivity contribution in [3.63, 3.8) is 0 Å². The normalized spacial score (nSPS) is 31.5. The molecule has 1 heterocycles. The summed E-state index contributed by atoms with van der Waals surface area (Å²) in [4.78, 5) is 0. The minimum atomic E-state index is -1.30. The summed E-state index contributed by atoms with van der Waals surface area (Å²) in [7, 11) is 0. The Hall–Kier alpha value is -3.10. The highest BCUT2D eigenvalue weighted by atomic mass is 16.7. The molecule has 0 aromatic rings. The summed E-state index contributed by atoms with van der Waals surface area (Å²) in [5, 5.41) is 40.7. The second-order valence-electron chi connectivity index (χ2n) is 16.5. The van der Waals surface area contributed by atoms with E-state index in [9.17, 15) is 20.4 Å². The molecule has 0 aromatic heterocycles. The monoisotopic (exact) mass is 714 g/mol. The number of aliphatic hydroxyl groups is 4. The van der Waals surface area contributed by atoms with Gasteiger partial charge < -0.3 is 29.9 Å². The first-order valence-electron chi connectivity index (χ1n) is 18.8. The Morgan fingerprint density at radius 1 is 0.615 bits per heavy atom. The summed E-state index contributed by atoms with van der Waals surface area (Å²) in [6.45, 7) is 23.1. The van der Waals surface area contributed by atoms with Crippen molar-refractivity contribution in [2.24, 2.45) is 10.8 Å². The molecule has 7 atom stereocenters. The van der Waals surface area contributed by atoms with Crippen molar-refractivity contribution in [2.75, 3.05) is 0 Å². The molecule has 0 aromatic carbocycles. The largest absolute Gasteiger partial charge is 0.393 e. The minimum Gasteiger partial charge on any atom is -0.393 e. The van der Waals surface area contributed by atoms with Gasteiger partial charge in [0.15, 0.2) is 6.29 Å². The Labute approximate surface area is 314 Å². The second-order valence-corrected chi connectivity index (χ2v) is 16.5. The van der Waals surface area contributed by atoms with Crippen molar-refractivity contribution in [2.45, 2.75) is 145 Å². The highest BCUT2D eigenvalue weighted by Gasteiger charge is 2.44. The zero-order valence-electron chi connectivity index (χ0n) is 33.6. The highest BCUT2D eigenvalue weighted by Crippen LogP contribution is 2.43. The van der Waals surface area contributed by atoms with E-state index in [1.807, 2.05) is 0 Å². The summed E-state index contributed by atoms with van der Waals surface area (Å²) in [6, 6.07) is 0. The van der Waals surface area contributed by atoms with Crippen molar-refractivity contribution in [3.05, 3.63) is 130 Å². The lowest BCUT2D eigenvalue weighted by Crippen LogP contribution is -2.58. The molecule has 3 rings (SSSR count). The summed E-state index contributed by atoms with van der Waals surface area (Å²) < 4.78 is 11.8. The molecule has 52 heavy (non-hydrogen) atoms. The predicted molar refractivity (Wildman–Crippen MR) is 215 cm³/mol.